The lowest BCUT2D eigenvalue weighted by Gasteiger charge is -1.89. The maximum Gasteiger partial charge on any atom is 0.381 e. The molecule has 0 amide bonds. The Balaban J connectivity index is 2.39. The SMILES string of the molecule is O=[N+]([O-])c1cn(-c2c[nH]cn2)cn1. The van der Waals surface area contributed by atoms with Crippen LogP contribution in [0.5, 0.6) is 0 Å². The standard InChI is InChI=1S/C6H5N5O2/c12-11(13)6-2-10(4-9-6)5-1-7-3-8-5/h1-4H,(H,7,8). The number of nitrogens with one attached hydrogen (secondary N) is 1. The largest absolute Gasteiger partial charge is 0.381 e. The van der Waals surface area contributed by atoms with Crippen molar-refractivity contribution >= 4 is 5.82 Å². The summed E-state index contributed by atoms with van der Waals surface area (Å²) in [7, 11) is 0. The number of aromatic amines is 1. The molecular weight excluding hydrogens is 174 g/mol. The Labute approximate surface area is 72.2 Å². The molecule has 7 heteroatoms. The molecule has 0 aromatic carbocycles. The van der Waals surface area contributed by atoms with Crippen molar-refractivity contribution in [2.45, 2.75) is 0 Å². The molecule has 0 saturated carbocycles. The fraction of sp³-hybridized carbons (Fsp3) is 0. The minimum absolute atomic E-state index is 0.192. The Morgan fingerprint density at radius 2 is 2.38 bits per heavy atom. The number of imidazole rings is 2. The van der Waals surface area contributed by atoms with Crippen LogP contribution in [-0.2, 0) is 0 Å². The molecule has 0 saturated heterocycles. The van der Waals surface area contributed by atoms with Gasteiger partial charge in [-0.1, -0.05) is 0 Å². The van der Waals surface area contributed by atoms with Gasteiger partial charge in [0.1, 0.15) is 6.20 Å². The maximum absolute atomic E-state index is 10.3. The van der Waals surface area contributed by atoms with Crippen molar-refractivity contribution in [3.05, 3.63) is 35.2 Å². The second-order valence-corrected chi connectivity index (χ2v) is 2.32. The molecule has 0 aliphatic carbocycles. The highest BCUT2D eigenvalue weighted by Gasteiger charge is 2.10. The molecule has 0 radical (unpaired) electrons. The molecule has 13 heavy (non-hydrogen) atoms. The van der Waals surface area contributed by atoms with Gasteiger partial charge in [0.15, 0.2) is 5.82 Å². The van der Waals surface area contributed by atoms with Gasteiger partial charge < -0.3 is 15.1 Å². The zero-order valence-corrected chi connectivity index (χ0v) is 6.41. The van der Waals surface area contributed by atoms with E-state index in [1.54, 1.807) is 6.20 Å². The predicted octanol–water partition coefficient (Wildman–Crippen LogP) is 0.504. The molecule has 0 aliphatic rings. The molecule has 0 bridgehead atoms. The highest BCUT2D eigenvalue weighted by Crippen LogP contribution is 2.09. The second-order valence-electron chi connectivity index (χ2n) is 2.32. The smallest absolute Gasteiger partial charge is 0.358 e. The molecule has 0 spiro atoms. The van der Waals surface area contributed by atoms with E-state index in [0.717, 1.165) is 0 Å². The Morgan fingerprint density at radius 1 is 1.54 bits per heavy atom. The van der Waals surface area contributed by atoms with Crippen LogP contribution < -0.4 is 0 Å². The third-order valence-electron chi connectivity index (χ3n) is 1.50. The Kier molecular flexibility index (Phi) is 1.55. The second kappa shape index (κ2) is 2.70. The van der Waals surface area contributed by atoms with Gasteiger partial charge in [-0.2, -0.15) is 0 Å². The van der Waals surface area contributed by atoms with Gasteiger partial charge >= 0.3 is 5.82 Å². The summed E-state index contributed by atoms with van der Waals surface area (Å²) in [6, 6.07) is 0. The van der Waals surface area contributed by atoms with Crippen molar-refractivity contribution < 1.29 is 4.92 Å². The number of H-pyrrole nitrogens is 1. The summed E-state index contributed by atoms with van der Waals surface area (Å²) >= 11 is 0. The van der Waals surface area contributed by atoms with Crippen molar-refractivity contribution in [2.24, 2.45) is 0 Å². The summed E-state index contributed by atoms with van der Waals surface area (Å²) in [6.45, 7) is 0. The first-order chi connectivity index (χ1) is 6.27. The third kappa shape index (κ3) is 1.26. The molecule has 0 fully saturated rings. The van der Waals surface area contributed by atoms with E-state index >= 15 is 0 Å². The molecule has 2 aromatic heterocycles. The van der Waals surface area contributed by atoms with E-state index < -0.39 is 4.92 Å². The fourth-order valence-corrected chi connectivity index (χ4v) is 0.926. The van der Waals surface area contributed by atoms with Gasteiger partial charge in [-0.05, 0) is 9.91 Å². The van der Waals surface area contributed by atoms with Gasteiger partial charge in [-0.15, -0.1) is 0 Å². The van der Waals surface area contributed by atoms with Crippen LogP contribution >= 0.6 is 0 Å². The van der Waals surface area contributed by atoms with E-state index in [0.29, 0.717) is 5.82 Å². The molecular formula is C6H5N5O2. The maximum atomic E-state index is 10.3. The summed E-state index contributed by atoms with van der Waals surface area (Å²) in [5, 5.41) is 10.3. The van der Waals surface area contributed by atoms with Crippen LogP contribution in [0.25, 0.3) is 5.82 Å². The summed E-state index contributed by atoms with van der Waals surface area (Å²) in [5.41, 5.74) is 0. The van der Waals surface area contributed by atoms with Crippen LogP contribution in [0.1, 0.15) is 0 Å². The first-order valence-electron chi connectivity index (χ1n) is 3.45. The highest BCUT2D eigenvalue weighted by molar-refractivity contribution is 5.24. The van der Waals surface area contributed by atoms with E-state index in [-0.39, 0.29) is 5.82 Å². The number of aromatic nitrogens is 4. The van der Waals surface area contributed by atoms with Crippen molar-refractivity contribution in [1.82, 2.24) is 19.5 Å². The van der Waals surface area contributed by atoms with Crippen LogP contribution in [0.4, 0.5) is 5.82 Å². The topological polar surface area (TPSA) is 89.6 Å². The average Bonchev–Trinajstić information content (AvgIpc) is 2.75. The summed E-state index contributed by atoms with van der Waals surface area (Å²) < 4.78 is 1.47. The molecule has 2 heterocycles. The van der Waals surface area contributed by atoms with E-state index in [4.69, 9.17) is 0 Å². The number of hydrogen-bond acceptors (Lipinski definition) is 4. The van der Waals surface area contributed by atoms with Gasteiger partial charge in [0.25, 0.3) is 0 Å². The molecule has 1 N–H and O–H groups in total. The van der Waals surface area contributed by atoms with Gasteiger partial charge in [0.2, 0.25) is 6.33 Å². The molecule has 2 aromatic rings. The predicted molar refractivity (Wildman–Crippen MR) is 42.4 cm³/mol. The Bertz CT molecular complexity index is 418. The number of hydrogen-bond donors (Lipinski definition) is 1. The monoisotopic (exact) mass is 179 g/mol. The van der Waals surface area contributed by atoms with E-state index in [1.807, 2.05) is 0 Å². The van der Waals surface area contributed by atoms with Gasteiger partial charge in [0.05, 0.1) is 6.33 Å². The fourth-order valence-electron chi connectivity index (χ4n) is 0.926. The zero-order chi connectivity index (χ0) is 9.26. The van der Waals surface area contributed by atoms with Crippen LogP contribution in [0.2, 0.25) is 0 Å². The minimum Gasteiger partial charge on any atom is -0.358 e. The molecule has 66 valence electrons. The van der Waals surface area contributed by atoms with Crippen LogP contribution in [0.3, 0.4) is 0 Å². The summed E-state index contributed by atoms with van der Waals surface area (Å²) in [5.74, 6) is 0.378. The molecule has 7 nitrogen and oxygen atoms in total. The Morgan fingerprint density at radius 3 is 2.92 bits per heavy atom. The van der Waals surface area contributed by atoms with Crippen LogP contribution in [0, 0.1) is 10.1 Å². The van der Waals surface area contributed by atoms with E-state index in [9.17, 15) is 10.1 Å². The van der Waals surface area contributed by atoms with Crippen molar-refractivity contribution in [1.29, 1.82) is 0 Å². The first kappa shape index (κ1) is 7.47. The lowest BCUT2D eigenvalue weighted by atomic mass is 10.7. The summed E-state index contributed by atoms with van der Waals surface area (Å²) in [6.07, 6.45) is 5.75. The van der Waals surface area contributed by atoms with Crippen molar-refractivity contribution in [3.8, 4) is 5.82 Å². The number of nitro groups is 1. The number of rotatable bonds is 2. The Hall–Kier alpha value is -2.18. The lowest BCUT2D eigenvalue weighted by molar-refractivity contribution is -0.389. The normalized spacial score (nSPS) is 10.2. The molecule has 0 unspecified atom stereocenters. The van der Waals surface area contributed by atoms with E-state index in [1.165, 1.54) is 23.4 Å². The lowest BCUT2D eigenvalue weighted by Crippen LogP contribution is -1.89. The van der Waals surface area contributed by atoms with Gasteiger partial charge in [0, 0.05) is 6.20 Å². The minimum atomic E-state index is -0.552. The third-order valence-corrected chi connectivity index (χ3v) is 1.50. The summed E-state index contributed by atoms with van der Waals surface area (Å²) in [4.78, 5) is 20.0. The first-order valence-corrected chi connectivity index (χ1v) is 3.45. The number of nitrogens with zero attached hydrogens (tertiary/aromatic N) is 4. The van der Waals surface area contributed by atoms with Gasteiger partial charge in [-0.25, -0.2) is 4.98 Å². The van der Waals surface area contributed by atoms with E-state index in [2.05, 4.69) is 15.0 Å². The van der Waals surface area contributed by atoms with Gasteiger partial charge in [-0.3, -0.25) is 4.57 Å². The molecule has 0 aliphatic heterocycles. The zero-order valence-electron chi connectivity index (χ0n) is 6.41. The quantitative estimate of drug-likeness (QED) is 0.537. The highest BCUT2D eigenvalue weighted by atomic mass is 16.6. The van der Waals surface area contributed by atoms with Crippen LogP contribution in [-0.4, -0.2) is 24.4 Å². The molecule has 2 rings (SSSR count). The van der Waals surface area contributed by atoms with Crippen molar-refractivity contribution in [2.75, 3.05) is 0 Å². The van der Waals surface area contributed by atoms with Crippen LogP contribution in [0.15, 0.2) is 25.0 Å². The molecule has 0 atom stereocenters. The van der Waals surface area contributed by atoms with Crippen molar-refractivity contribution in [3.63, 3.8) is 0 Å². The average molecular weight is 179 g/mol.